The third kappa shape index (κ3) is 6.62. The van der Waals surface area contributed by atoms with E-state index in [1.807, 2.05) is 0 Å². The second kappa shape index (κ2) is 7.56. The third-order valence-electron chi connectivity index (χ3n) is 1.94. The molecule has 0 aliphatic rings. The van der Waals surface area contributed by atoms with Crippen molar-refractivity contribution in [2.75, 3.05) is 13.2 Å². The van der Waals surface area contributed by atoms with Crippen molar-refractivity contribution in [3.8, 4) is 0 Å². The van der Waals surface area contributed by atoms with Crippen LogP contribution >= 0.6 is 0 Å². The van der Waals surface area contributed by atoms with Crippen molar-refractivity contribution in [2.24, 2.45) is 5.92 Å². The van der Waals surface area contributed by atoms with Crippen LogP contribution in [0.5, 0.6) is 0 Å². The van der Waals surface area contributed by atoms with Crippen molar-refractivity contribution < 1.29 is 5.11 Å². The summed E-state index contributed by atoms with van der Waals surface area (Å²) in [6.45, 7) is 7.82. The van der Waals surface area contributed by atoms with Crippen LogP contribution in [0.1, 0.15) is 40.0 Å². The number of unbranched alkanes of at least 4 members (excludes halogenated alkanes) is 1. The van der Waals surface area contributed by atoms with E-state index in [2.05, 4.69) is 26.1 Å². The second-order valence-electron chi connectivity index (χ2n) is 3.82. The number of hydrogen-bond donors (Lipinski definition) is 2. The van der Waals surface area contributed by atoms with E-state index in [0.29, 0.717) is 12.0 Å². The SMILES string of the molecule is CCCC[C@@H](CO)NCC(C)C. The molecule has 0 heterocycles. The van der Waals surface area contributed by atoms with Crippen LogP contribution in [-0.4, -0.2) is 24.3 Å². The van der Waals surface area contributed by atoms with E-state index in [1.165, 1.54) is 12.8 Å². The van der Waals surface area contributed by atoms with Crippen LogP contribution in [0.15, 0.2) is 0 Å². The average molecular weight is 173 g/mol. The van der Waals surface area contributed by atoms with E-state index in [4.69, 9.17) is 5.11 Å². The smallest absolute Gasteiger partial charge is 0.0584 e. The molecule has 0 aromatic heterocycles. The van der Waals surface area contributed by atoms with Crippen LogP contribution in [0.25, 0.3) is 0 Å². The molecular formula is C10H23NO. The van der Waals surface area contributed by atoms with Gasteiger partial charge < -0.3 is 10.4 Å². The minimum Gasteiger partial charge on any atom is -0.395 e. The number of aliphatic hydroxyl groups is 1. The van der Waals surface area contributed by atoms with Gasteiger partial charge in [-0.2, -0.15) is 0 Å². The van der Waals surface area contributed by atoms with Gasteiger partial charge in [-0.05, 0) is 18.9 Å². The van der Waals surface area contributed by atoms with Crippen molar-refractivity contribution in [1.82, 2.24) is 5.32 Å². The molecule has 0 unspecified atom stereocenters. The van der Waals surface area contributed by atoms with Gasteiger partial charge in [-0.15, -0.1) is 0 Å². The van der Waals surface area contributed by atoms with Crippen LogP contribution in [0, 0.1) is 5.92 Å². The quantitative estimate of drug-likeness (QED) is 0.615. The first-order valence-electron chi connectivity index (χ1n) is 5.05. The molecule has 0 aliphatic carbocycles. The first-order valence-corrected chi connectivity index (χ1v) is 5.05. The summed E-state index contributed by atoms with van der Waals surface area (Å²) in [7, 11) is 0. The molecular weight excluding hydrogens is 150 g/mol. The van der Waals surface area contributed by atoms with Crippen molar-refractivity contribution in [1.29, 1.82) is 0 Å². The molecule has 0 aromatic rings. The fourth-order valence-electron chi connectivity index (χ4n) is 1.11. The molecule has 0 aliphatic heterocycles. The Morgan fingerprint density at radius 3 is 2.42 bits per heavy atom. The zero-order valence-electron chi connectivity index (χ0n) is 8.64. The molecule has 0 spiro atoms. The van der Waals surface area contributed by atoms with Crippen molar-refractivity contribution in [3.63, 3.8) is 0 Å². The van der Waals surface area contributed by atoms with E-state index < -0.39 is 0 Å². The predicted molar refractivity (Wildman–Crippen MR) is 53.2 cm³/mol. The van der Waals surface area contributed by atoms with Gasteiger partial charge >= 0.3 is 0 Å². The predicted octanol–water partition coefficient (Wildman–Crippen LogP) is 1.78. The summed E-state index contributed by atoms with van der Waals surface area (Å²) in [4.78, 5) is 0. The Morgan fingerprint density at radius 2 is 2.00 bits per heavy atom. The molecule has 12 heavy (non-hydrogen) atoms. The highest BCUT2D eigenvalue weighted by atomic mass is 16.3. The van der Waals surface area contributed by atoms with Crippen molar-refractivity contribution in [2.45, 2.75) is 46.1 Å². The van der Waals surface area contributed by atoms with Gasteiger partial charge in [0.1, 0.15) is 0 Å². The Labute approximate surface area is 76.4 Å². The summed E-state index contributed by atoms with van der Waals surface area (Å²) in [5.41, 5.74) is 0. The lowest BCUT2D eigenvalue weighted by Gasteiger charge is -2.17. The van der Waals surface area contributed by atoms with Crippen molar-refractivity contribution in [3.05, 3.63) is 0 Å². The minimum absolute atomic E-state index is 0.271. The largest absolute Gasteiger partial charge is 0.395 e. The molecule has 2 nitrogen and oxygen atoms in total. The summed E-state index contributed by atoms with van der Waals surface area (Å²) in [6, 6.07) is 0.312. The first-order chi connectivity index (χ1) is 5.70. The van der Waals surface area contributed by atoms with Gasteiger partial charge in [0, 0.05) is 6.04 Å². The molecule has 0 aromatic carbocycles. The summed E-state index contributed by atoms with van der Waals surface area (Å²) >= 11 is 0. The number of nitrogens with one attached hydrogen (secondary N) is 1. The molecule has 0 amide bonds. The van der Waals surface area contributed by atoms with Crippen LogP contribution in [-0.2, 0) is 0 Å². The highest BCUT2D eigenvalue weighted by Crippen LogP contribution is 2.00. The summed E-state index contributed by atoms with van der Waals surface area (Å²) in [5, 5.41) is 12.4. The van der Waals surface area contributed by atoms with E-state index in [-0.39, 0.29) is 6.61 Å². The Balaban J connectivity index is 3.39. The average Bonchev–Trinajstić information content (AvgIpc) is 2.05. The Morgan fingerprint density at radius 1 is 1.33 bits per heavy atom. The number of aliphatic hydroxyl groups excluding tert-OH is 1. The monoisotopic (exact) mass is 173 g/mol. The zero-order chi connectivity index (χ0) is 9.40. The van der Waals surface area contributed by atoms with Gasteiger partial charge in [0.25, 0.3) is 0 Å². The molecule has 0 saturated carbocycles. The fraction of sp³-hybridized carbons (Fsp3) is 1.00. The van der Waals surface area contributed by atoms with Gasteiger partial charge in [0.15, 0.2) is 0 Å². The topological polar surface area (TPSA) is 32.3 Å². The molecule has 2 N–H and O–H groups in total. The van der Waals surface area contributed by atoms with Gasteiger partial charge in [0.2, 0.25) is 0 Å². The lowest BCUT2D eigenvalue weighted by Crippen LogP contribution is -2.34. The minimum atomic E-state index is 0.271. The van der Waals surface area contributed by atoms with Crippen LogP contribution < -0.4 is 5.32 Å². The van der Waals surface area contributed by atoms with Crippen LogP contribution in [0.2, 0.25) is 0 Å². The molecule has 0 saturated heterocycles. The highest BCUT2D eigenvalue weighted by Gasteiger charge is 2.05. The summed E-state index contributed by atoms with van der Waals surface area (Å²) in [5.74, 6) is 0.667. The molecule has 0 rings (SSSR count). The van der Waals surface area contributed by atoms with E-state index in [1.54, 1.807) is 0 Å². The number of rotatable bonds is 7. The summed E-state index contributed by atoms with van der Waals surface area (Å²) in [6.07, 6.45) is 3.51. The summed E-state index contributed by atoms with van der Waals surface area (Å²) < 4.78 is 0. The maximum atomic E-state index is 9.00. The maximum Gasteiger partial charge on any atom is 0.0584 e. The number of hydrogen-bond acceptors (Lipinski definition) is 2. The van der Waals surface area contributed by atoms with E-state index >= 15 is 0 Å². The molecule has 0 radical (unpaired) electrons. The lowest BCUT2D eigenvalue weighted by atomic mass is 10.1. The molecule has 0 fully saturated rings. The molecule has 0 bridgehead atoms. The molecule has 2 heteroatoms. The highest BCUT2D eigenvalue weighted by molar-refractivity contribution is 4.65. The fourth-order valence-corrected chi connectivity index (χ4v) is 1.11. The Bertz CT molecular complexity index is 93.8. The van der Waals surface area contributed by atoms with Gasteiger partial charge in [-0.25, -0.2) is 0 Å². The molecule has 1 atom stereocenters. The van der Waals surface area contributed by atoms with Crippen LogP contribution in [0.4, 0.5) is 0 Å². The lowest BCUT2D eigenvalue weighted by molar-refractivity contribution is 0.230. The maximum absolute atomic E-state index is 9.00. The first kappa shape index (κ1) is 11.9. The van der Waals surface area contributed by atoms with Gasteiger partial charge in [-0.1, -0.05) is 33.6 Å². The Kier molecular flexibility index (Phi) is 7.51. The second-order valence-corrected chi connectivity index (χ2v) is 3.82. The standard InChI is InChI=1S/C10H23NO/c1-4-5-6-10(8-12)11-7-9(2)3/h9-12H,4-8H2,1-3H3/t10-/m0/s1. The van der Waals surface area contributed by atoms with Crippen LogP contribution in [0.3, 0.4) is 0 Å². The normalized spacial score (nSPS) is 13.8. The zero-order valence-corrected chi connectivity index (χ0v) is 8.64. The Hall–Kier alpha value is -0.0800. The molecule has 74 valence electrons. The van der Waals surface area contributed by atoms with Gasteiger partial charge in [-0.3, -0.25) is 0 Å². The van der Waals surface area contributed by atoms with E-state index in [9.17, 15) is 0 Å². The third-order valence-corrected chi connectivity index (χ3v) is 1.94. The van der Waals surface area contributed by atoms with Gasteiger partial charge in [0.05, 0.1) is 6.61 Å². The van der Waals surface area contributed by atoms with Crippen molar-refractivity contribution >= 4 is 0 Å². The van der Waals surface area contributed by atoms with E-state index in [0.717, 1.165) is 13.0 Å².